The van der Waals surface area contributed by atoms with Crippen LogP contribution in [-0.4, -0.2) is 18.5 Å². The summed E-state index contributed by atoms with van der Waals surface area (Å²) in [5.74, 6) is -1.19. The van der Waals surface area contributed by atoms with Crippen LogP contribution in [0.3, 0.4) is 0 Å². The van der Waals surface area contributed by atoms with Gasteiger partial charge in [0.2, 0.25) is 5.92 Å². The van der Waals surface area contributed by atoms with Crippen LogP contribution in [-0.2, 0) is 0 Å². The normalized spacial score (nSPS) is 27.1. The fraction of sp³-hybridized carbons (Fsp3) is 1.00. The van der Waals surface area contributed by atoms with E-state index >= 15 is 0 Å². The first-order valence-electron chi connectivity index (χ1n) is 8.73. The van der Waals surface area contributed by atoms with Crippen molar-refractivity contribution in [2.24, 2.45) is 11.8 Å². The van der Waals surface area contributed by atoms with Crippen molar-refractivity contribution in [1.82, 2.24) is 5.32 Å². The van der Waals surface area contributed by atoms with Crippen LogP contribution in [0.4, 0.5) is 8.78 Å². The van der Waals surface area contributed by atoms with E-state index in [4.69, 9.17) is 0 Å². The molecule has 0 saturated heterocycles. The molecule has 2 fully saturated rings. The Hall–Kier alpha value is -0.180. The molecule has 20 heavy (non-hydrogen) atoms. The molecule has 0 amide bonds. The topological polar surface area (TPSA) is 12.0 Å². The predicted molar refractivity (Wildman–Crippen MR) is 80.2 cm³/mol. The smallest absolute Gasteiger partial charge is 0.248 e. The summed E-state index contributed by atoms with van der Waals surface area (Å²) < 4.78 is 26.8. The molecule has 0 spiro atoms. The number of hydrogen-bond acceptors (Lipinski definition) is 1. The second-order valence-electron chi connectivity index (χ2n) is 6.92. The van der Waals surface area contributed by atoms with Crippen molar-refractivity contribution in [3.05, 3.63) is 0 Å². The average molecular weight is 287 g/mol. The minimum atomic E-state index is -2.39. The first kappa shape index (κ1) is 16.2. The molecule has 0 heterocycles. The molecule has 0 aromatic carbocycles. The van der Waals surface area contributed by atoms with Crippen LogP contribution in [0.5, 0.6) is 0 Å². The van der Waals surface area contributed by atoms with E-state index < -0.39 is 5.92 Å². The Kier molecular flexibility index (Phi) is 6.25. The molecule has 2 rings (SSSR count). The van der Waals surface area contributed by atoms with E-state index in [9.17, 15) is 8.78 Å². The van der Waals surface area contributed by atoms with Crippen molar-refractivity contribution in [2.75, 3.05) is 6.54 Å². The molecule has 0 aliphatic heterocycles. The Morgan fingerprint density at radius 2 is 1.50 bits per heavy atom. The van der Waals surface area contributed by atoms with Crippen LogP contribution < -0.4 is 5.32 Å². The van der Waals surface area contributed by atoms with Gasteiger partial charge in [-0.05, 0) is 50.5 Å². The van der Waals surface area contributed by atoms with E-state index in [0.717, 1.165) is 18.9 Å². The van der Waals surface area contributed by atoms with Gasteiger partial charge < -0.3 is 5.32 Å². The maximum absolute atomic E-state index is 13.4. The summed E-state index contributed by atoms with van der Waals surface area (Å²) in [4.78, 5) is 0. The van der Waals surface area contributed by atoms with Crippen LogP contribution >= 0.6 is 0 Å². The zero-order chi connectivity index (χ0) is 14.4. The molecule has 2 aliphatic carbocycles. The molecule has 3 heteroatoms. The van der Waals surface area contributed by atoms with Crippen molar-refractivity contribution >= 4 is 0 Å². The number of rotatable bonds is 5. The Balaban J connectivity index is 1.95. The van der Waals surface area contributed by atoms with Gasteiger partial charge in [0.25, 0.3) is 0 Å². The van der Waals surface area contributed by atoms with Crippen molar-refractivity contribution in [3.63, 3.8) is 0 Å². The second-order valence-corrected chi connectivity index (χ2v) is 6.92. The van der Waals surface area contributed by atoms with Crippen LogP contribution in [0.2, 0.25) is 0 Å². The van der Waals surface area contributed by atoms with Crippen molar-refractivity contribution < 1.29 is 8.78 Å². The average Bonchev–Trinajstić information content (AvgIpc) is 2.70. The molecule has 1 atom stereocenters. The van der Waals surface area contributed by atoms with Crippen LogP contribution in [0, 0.1) is 11.8 Å². The van der Waals surface area contributed by atoms with E-state index in [0.29, 0.717) is 24.8 Å². The van der Waals surface area contributed by atoms with Gasteiger partial charge in [-0.2, -0.15) is 0 Å². The quantitative estimate of drug-likeness (QED) is 0.689. The highest BCUT2D eigenvalue weighted by molar-refractivity contribution is 4.89. The van der Waals surface area contributed by atoms with Crippen LogP contribution in [0.15, 0.2) is 0 Å². The lowest BCUT2D eigenvalue weighted by molar-refractivity contribution is -0.0523. The first-order chi connectivity index (χ1) is 9.62. The summed E-state index contributed by atoms with van der Waals surface area (Å²) >= 11 is 0. The SMILES string of the molecule is CCCNC(C1CCCCCC1)C1CCC(F)(F)CC1. The Bertz CT molecular complexity index is 262. The maximum Gasteiger partial charge on any atom is 0.248 e. The molecule has 2 saturated carbocycles. The van der Waals surface area contributed by atoms with Gasteiger partial charge in [0.05, 0.1) is 0 Å². The number of alkyl halides is 2. The fourth-order valence-electron chi connectivity index (χ4n) is 4.12. The highest BCUT2D eigenvalue weighted by Crippen LogP contribution is 2.40. The molecule has 1 nitrogen and oxygen atoms in total. The van der Waals surface area contributed by atoms with Crippen molar-refractivity contribution in [2.45, 2.75) is 89.5 Å². The van der Waals surface area contributed by atoms with E-state index in [1.54, 1.807) is 0 Å². The van der Waals surface area contributed by atoms with E-state index in [2.05, 4.69) is 12.2 Å². The Morgan fingerprint density at radius 3 is 2.05 bits per heavy atom. The van der Waals surface area contributed by atoms with E-state index in [1.165, 1.54) is 38.5 Å². The second kappa shape index (κ2) is 7.72. The van der Waals surface area contributed by atoms with Gasteiger partial charge in [0.1, 0.15) is 0 Å². The van der Waals surface area contributed by atoms with Gasteiger partial charge >= 0.3 is 0 Å². The first-order valence-corrected chi connectivity index (χ1v) is 8.73. The third kappa shape index (κ3) is 4.68. The minimum absolute atomic E-state index is 0.106. The zero-order valence-electron chi connectivity index (χ0n) is 13.0. The summed E-state index contributed by atoms with van der Waals surface area (Å²) in [6.07, 6.45) is 10.8. The summed E-state index contributed by atoms with van der Waals surface area (Å²) in [5.41, 5.74) is 0. The highest BCUT2D eigenvalue weighted by Gasteiger charge is 2.39. The maximum atomic E-state index is 13.4. The summed E-state index contributed by atoms with van der Waals surface area (Å²) in [6.45, 7) is 3.22. The molecule has 0 bridgehead atoms. The third-order valence-corrected chi connectivity index (χ3v) is 5.31. The lowest BCUT2D eigenvalue weighted by atomic mass is 9.75. The van der Waals surface area contributed by atoms with Gasteiger partial charge in [0, 0.05) is 18.9 Å². The van der Waals surface area contributed by atoms with E-state index in [1.807, 2.05) is 0 Å². The monoisotopic (exact) mass is 287 g/mol. The van der Waals surface area contributed by atoms with Gasteiger partial charge in [-0.1, -0.05) is 32.6 Å². The predicted octanol–water partition coefficient (Wildman–Crippen LogP) is 5.15. The summed E-state index contributed by atoms with van der Waals surface area (Å²) in [6, 6.07) is 0.490. The van der Waals surface area contributed by atoms with Crippen LogP contribution in [0.25, 0.3) is 0 Å². The van der Waals surface area contributed by atoms with Gasteiger partial charge in [0.15, 0.2) is 0 Å². The number of nitrogens with one attached hydrogen (secondary N) is 1. The molecule has 0 aromatic rings. The molecular formula is C17H31F2N. The molecule has 0 radical (unpaired) electrons. The van der Waals surface area contributed by atoms with Crippen LogP contribution in [0.1, 0.15) is 77.6 Å². The standard InChI is InChI=1S/C17H31F2N/c1-2-13-20-16(14-7-5-3-4-6-8-14)15-9-11-17(18,19)12-10-15/h14-16,20H,2-13H2,1H3. The Morgan fingerprint density at radius 1 is 0.950 bits per heavy atom. The van der Waals surface area contributed by atoms with Gasteiger partial charge in [-0.25, -0.2) is 8.78 Å². The molecule has 1 N–H and O–H groups in total. The molecule has 118 valence electrons. The van der Waals surface area contributed by atoms with Gasteiger partial charge in [-0.15, -0.1) is 0 Å². The van der Waals surface area contributed by atoms with Gasteiger partial charge in [-0.3, -0.25) is 0 Å². The zero-order valence-corrected chi connectivity index (χ0v) is 13.0. The summed E-state index contributed by atoms with van der Waals surface area (Å²) in [5, 5.41) is 3.72. The highest BCUT2D eigenvalue weighted by atomic mass is 19.3. The van der Waals surface area contributed by atoms with E-state index in [-0.39, 0.29) is 12.8 Å². The lowest BCUT2D eigenvalue weighted by Crippen LogP contribution is -2.45. The summed E-state index contributed by atoms with van der Waals surface area (Å²) in [7, 11) is 0. The van der Waals surface area contributed by atoms with Crippen molar-refractivity contribution in [1.29, 1.82) is 0 Å². The molecule has 0 aromatic heterocycles. The number of halogens is 2. The molecule has 2 aliphatic rings. The minimum Gasteiger partial charge on any atom is -0.313 e. The molecular weight excluding hydrogens is 256 g/mol. The largest absolute Gasteiger partial charge is 0.313 e. The fourth-order valence-corrected chi connectivity index (χ4v) is 4.12. The van der Waals surface area contributed by atoms with Crippen molar-refractivity contribution in [3.8, 4) is 0 Å². The lowest BCUT2D eigenvalue weighted by Gasteiger charge is -2.38. The number of hydrogen-bond donors (Lipinski definition) is 1. The third-order valence-electron chi connectivity index (χ3n) is 5.31. The molecule has 1 unspecified atom stereocenters. The Labute approximate surface area is 122 Å².